The van der Waals surface area contributed by atoms with E-state index in [0.717, 1.165) is 25.7 Å². The van der Waals surface area contributed by atoms with Gasteiger partial charge in [0.25, 0.3) is 5.91 Å². The minimum atomic E-state index is -0.145. The molecule has 0 radical (unpaired) electrons. The van der Waals surface area contributed by atoms with E-state index in [0.29, 0.717) is 16.8 Å². The molecule has 0 aliphatic carbocycles. The van der Waals surface area contributed by atoms with Crippen LogP contribution >= 0.6 is 15.9 Å². The largest absolute Gasteiger partial charge is 0.396 e. The van der Waals surface area contributed by atoms with Crippen molar-refractivity contribution in [2.45, 2.75) is 25.7 Å². The molecule has 0 aromatic carbocycles. The van der Waals surface area contributed by atoms with Crippen LogP contribution in [0.3, 0.4) is 0 Å². The van der Waals surface area contributed by atoms with E-state index >= 15 is 0 Å². The van der Waals surface area contributed by atoms with E-state index in [1.54, 1.807) is 18.2 Å². The predicted octanol–water partition coefficient (Wildman–Crippen LogP) is 2.13. The van der Waals surface area contributed by atoms with Crippen molar-refractivity contribution < 1.29 is 9.90 Å². The van der Waals surface area contributed by atoms with Crippen molar-refractivity contribution >= 4 is 21.8 Å². The van der Waals surface area contributed by atoms with E-state index in [2.05, 4.69) is 26.2 Å². The second-order valence-corrected chi connectivity index (χ2v) is 4.55. The Morgan fingerprint density at radius 1 is 1.29 bits per heavy atom. The summed E-state index contributed by atoms with van der Waals surface area (Å²) in [6, 6.07) is 5.25. The Labute approximate surface area is 110 Å². The highest BCUT2D eigenvalue weighted by atomic mass is 79.9. The molecule has 1 heterocycles. The highest BCUT2D eigenvalue weighted by Crippen LogP contribution is 2.06. The first-order valence-electron chi connectivity index (χ1n) is 5.75. The smallest absolute Gasteiger partial charge is 0.269 e. The molecule has 1 amide bonds. The predicted molar refractivity (Wildman–Crippen MR) is 69.8 cm³/mol. The first-order chi connectivity index (χ1) is 8.24. The van der Waals surface area contributed by atoms with Crippen molar-refractivity contribution in [2.75, 3.05) is 13.2 Å². The summed E-state index contributed by atoms with van der Waals surface area (Å²) < 4.78 is 0.660. The zero-order valence-electron chi connectivity index (χ0n) is 9.66. The van der Waals surface area contributed by atoms with Gasteiger partial charge in [0.1, 0.15) is 10.3 Å². The van der Waals surface area contributed by atoms with Gasteiger partial charge in [0.15, 0.2) is 0 Å². The Kier molecular flexibility index (Phi) is 6.81. The van der Waals surface area contributed by atoms with Gasteiger partial charge in [-0.2, -0.15) is 0 Å². The van der Waals surface area contributed by atoms with Crippen molar-refractivity contribution in [1.82, 2.24) is 10.3 Å². The van der Waals surface area contributed by atoms with Crippen LogP contribution < -0.4 is 5.32 Å². The number of carbonyl (C=O) groups excluding carboxylic acids is 1. The number of nitrogens with one attached hydrogen (secondary N) is 1. The van der Waals surface area contributed by atoms with Gasteiger partial charge in [-0.25, -0.2) is 4.98 Å². The number of hydrogen-bond acceptors (Lipinski definition) is 3. The molecule has 0 fully saturated rings. The van der Waals surface area contributed by atoms with E-state index in [1.807, 2.05) is 0 Å². The Morgan fingerprint density at radius 2 is 2.06 bits per heavy atom. The number of aliphatic hydroxyl groups excluding tert-OH is 1. The third-order valence-electron chi connectivity index (χ3n) is 2.32. The van der Waals surface area contributed by atoms with E-state index in [-0.39, 0.29) is 12.5 Å². The summed E-state index contributed by atoms with van der Waals surface area (Å²) in [6.07, 6.45) is 3.79. The SMILES string of the molecule is O=C(NCCCCCCO)c1cccc(Br)n1. The summed E-state index contributed by atoms with van der Waals surface area (Å²) in [5.41, 5.74) is 0.426. The molecule has 0 saturated carbocycles. The lowest BCUT2D eigenvalue weighted by atomic mass is 10.2. The van der Waals surface area contributed by atoms with Crippen molar-refractivity contribution in [1.29, 1.82) is 0 Å². The summed E-state index contributed by atoms with van der Waals surface area (Å²) >= 11 is 3.23. The van der Waals surface area contributed by atoms with Gasteiger partial charge < -0.3 is 10.4 Å². The van der Waals surface area contributed by atoms with Crippen LogP contribution in [0.1, 0.15) is 36.2 Å². The summed E-state index contributed by atoms with van der Waals surface area (Å²) in [4.78, 5) is 15.7. The van der Waals surface area contributed by atoms with Crippen LogP contribution in [-0.4, -0.2) is 29.1 Å². The average molecular weight is 301 g/mol. The maximum absolute atomic E-state index is 11.7. The number of unbranched alkanes of at least 4 members (excludes halogenated alkanes) is 3. The second-order valence-electron chi connectivity index (χ2n) is 3.74. The third kappa shape index (κ3) is 5.79. The number of pyridine rings is 1. The lowest BCUT2D eigenvalue weighted by molar-refractivity contribution is 0.0947. The molecule has 2 N–H and O–H groups in total. The van der Waals surface area contributed by atoms with E-state index in [4.69, 9.17) is 5.11 Å². The fourth-order valence-electron chi connectivity index (χ4n) is 1.42. The number of hydrogen-bond donors (Lipinski definition) is 2. The molecule has 4 nitrogen and oxygen atoms in total. The van der Waals surface area contributed by atoms with Crippen LogP contribution in [0.15, 0.2) is 22.8 Å². The number of carbonyl (C=O) groups is 1. The second kappa shape index (κ2) is 8.20. The van der Waals surface area contributed by atoms with Gasteiger partial charge in [0.2, 0.25) is 0 Å². The number of aromatic nitrogens is 1. The van der Waals surface area contributed by atoms with Crippen LogP contribution in [0.25, 0.3) is 0 Å². The molecule has 1 aromatic rings. The van der Waals surface area contributed by atoms with Crippen LogP contribution in [-0.2, 0) is 0 Å². The van der Waals surface area contributed by atoms with E-state index in [9.17, 15) is 4.79 Å². The Hall–Kier alpha value is -0.940. The van der Waals surface area contributed by atoms with Crippen molar-refractivity contribution in [3.63, 3.8) is 0 Å². The molecule has 0 saturated heterocycles. The van der Waals surface area contributed by atoms with Gasteiger partial charge in [0, 0.05) is 13.2 Å². The van der Waals surface area contributed by atoms with Gasteiger partial charge in [-0.3, -0.25) is 4.79 Å². The zero-order valence-corrected chi connectivity index (χ0v) is 11.2. The summed E-state index contributed by atoms with van der Waals surface area (Å²) in [6.45, 7) is 0.896. The normalized spacial score (nSPS) is 10.2. The van der Waals surface area contributed by atoms with Crippen molar-refractivity contribution in [3.8, 4) is 0 Å². The first-order valence-corrected chi connectivity index (χ1v) is 6.55. The van der Waals surface area contributed by atoms with Gasteiger partial charge in [-0.15, -0.1) is 0 Å². The number of amides is 1. The summed E-state index contributed by atoms with van der Waals surface area (Å²) in [5, 5.41) is 11.4. The molecule has 5 heteroatoms. The molecular formula is C12H17BrN2O2. The Morgan fingerprint density at radius 3 is 2.76 bits per heavy atom. The Balaban J connectivity index is 2.21. The van der Waals surface area contributed by atoms with Gasteiger partial charge in [-0.1, -0.05) is 18.9 Å². The summed E-state index contributed by atoms with van der Waals surface area (Å²) in [7, 11) is 0. The van der Waals surface area contributed by atoms with E-state index < -0.39 is 0 Å². The molecule has 0 spiro atoms. The molecule has 0 bridgehead atoms. The maximum atomic E-state index is 11.7. The van der Waals surface area contributed by atoms with Crippen LogP contribution in [0, 0.1) is 0 Å². The molecule has 1 rings (SSSR count). The number of nitrogens with zero attached hydrogens (tertiary/aromatic N) is 1. The molecule has 94 valence electrons. The Bertz CT molecular complexity index is 358. The molecule has 1 aromatic heterocycles. The number of halogens is 1. The van der Waals surface area contributed by atoms with E-state index in [1.165, 1.54) is 0 Å². The fourth-order valence-corrected chi connectivity index (χ4v) is 1.76. The molecule has 0 unspecified atom stereocenters. The van der Waals surface area contributed by atoms with Gasteiger partial charge >= 0.3 is 0 Å². The lowest BCUT2D eigenvalue weighted by Gasteiger charge is -2.04. The van der Waals surface area contributed by atoms with Crippen molar-refractivity contribution in [2.24, 2.45) is 0 Å². The first kappa shape index (κ1) is 14.1. The van der Waals surface area contributed by atoms with Gasteiger partial charge in [-0.05, 0) is 40.9 Å². The lowest BCUT2D eigenvalue weighted by Crippen LogP contribution is -2.25. The minimum Gasteiger partial charge on any atom is -0.396 e. The molecule has 17 heavy (non-hydrogen) atoms. The summed E-state index contributed by atoms with van der Waals surface area (Å²) in [5.74, 6) is -0.145. The monoisotopic (exact) mass is 300 g/mol. The third-order valence-corrected chi connectivity index (χ3v) is 2.76. The standard InChI is InChI=1S/C12H17BrN2O2/c13-11-7-5-6-10(15-11)12(17)14-8-3-1-2-4-9-16/h5-7,16H,1-4,8-9H2,(H,14,17). The number of rotatable bonds is 7. The van der Waals surface area contributed by atoms with Gasteiger partial charge in [0.05, 0.1) is 0 Å². The molecular weight excluding hydrogens is 284 g/mol. The van der Waals surface area contributed by atoms with Crippen LogP contribution in [0.2, 0.25) is 0 Å². The topological polar surface area (TPSA) is 62.2 Å². The highest BCUT2D eigenvalue weighted by molar-refractivity contribution is 9.10. The quantitative estimate of drug-likeness (QED) is 0.599. The number of aliphatic hydroxyl groups is 1. The molecule has 0 aliphatic rings. The molecule has 0 aliphatic heterocycles. The minimum absolute atomic E-state index is 0.145. The van der Waals surface area contributed by atoms with Crippen molar-refractivity contribution in [3.05, 3.63) is 28.5 Å². The fraction of sp³-hybridized carbons (Fsp3) is 0.500. The maximum Gasteiger partial charge on any atom is 0.269 e. The zero-order chi connectivity index (χ0) is 12.5. The van der Waals surface area contributed by atoms with Crippen LogP contribution in [0.4, 0.5) is 0 Å². The highest BCUT2D eigenvalue weighted by Gasteiger charge is 2.05. The average Bonchev–Trinajstić information content (AvgIpc) is 2.33. The van der Waals surface area contributed by atoms with Crippen LogP contribution in [0.5, 0.6) is 0 Å². The molecule has 0 atom stereocenters.